The van der Waals surface area contributed by atoms with E-state index in [9.17, 15) is 19.8 Å². The van der Waals surface area contributed by atoms with Crippen LogP contribution in [0.1, 0.15) is 51.9 Å². The molecule has 0 radical (unpaired) electrons. The fourth-order valence-corrected chi connectivity index (χ4v) is 3.10. The van der Waals surface area contributed by atoms with Crippen LogP contribution in [-0.4, -0.2) is 39.3 Å². The van der Waals surface area contributed by atoms with Crippen molar-refractivity contribution in [2.75, 3.05) is 0 Å². The summed E-state index contributed by atoms with van der Waals surface area (Å²) in [5.41, 5.74) is 0. The lowest BCUT2D eigenvalue weighted by Crippen LogP contribution is -2.18. The number of allylic oxidation sites excluding steroid dienone is 5. The zero-order valence-electron chi connectivity index (χ0n) is 16.0. The number of hydrogen-bond donors (Lipinski definition) is 3. The van der Waals surface area contributed by atoms with Gasteiger partial charge in [0.15, 0.2) is 0 Å². The minimum atomic E-state index is -0.806. The molecule has 0 bridgehead atoms. The molecule has 4 atom stereocenters. The topological polar surface area (TPSA) is 94.8 Å². The molecule has 0 saturated heterocycles. The zero-order valence-corrected chi connectivity index (χ0v) is 16.0. The number of aliphatic hydroxyl groups excluding tert-OH is 2. The number of hydrogen-bond acceptors (Lipinski definition) is 4. The van der Waals surface area contributed by atoms with Crippen molar-refractivity contribution in [3.05, 3.63) is 48.6 Å². The van der Waals surface area contributed by atoms with Crippen LogP contribution in [-0.2, 0) is 9.59 Å². The first-order valence-electron chi connectivity index (χ1n) is 9.69. The lowest BCUT2D eigenvalue weighted by molar-refractivity contribution is -0.136. The van der Waals surface area contributed by atoms with Gasteiger partial charge in [-0.25, -0.2) is 0 Å². The van der Waals surface area contributed by atoms with Crippen molar-refractivity contribution < 1.29 is 24.9 Å². The smallest absolute Gasteiger partial charge is 0.303 e. The van der Waals surface area contributed by atoms with E-state index in [0.29, 0.717) is 25.7 Å². The normalized spacial score (nSPS) is 24.9. The van der Waals surface area contributed by atoms with Crippen LogP contribution in [0.25, 0.3) is 0 Å². The molecular weight excluding hydrogens is 344 g/mol. The molecule has 5 heteroatoms. The van der Waals surface area contributed by atoms with Crippen molar-refractivity contribution in [2.45, 2.75) is 64.1 Å². The maximum atomic E-state index is 12.1. The van der Waals surface area contributed by atoms with Gasteiger partial charge in [0, 0.05) is 24.7 Å². The minimum Gasteiger partial charge on any atom is -0.481 e. The molecule has 0 amide bonds. The highest BCUT2D eigenvalue weighted by molar-refractivity contribution is 5.84. The summed E-state index contributed by atoms with van der Waals surface area (Å²) in [4.78, 5) is 22.6. The van der Waals surface area contributed by atoms with Crippen LogP contribution in [0.4, 0.5) is 0 Å². The molecule has 27 heavy (non-hydrogen) atoms. The second-order valence-electron chi connectivity index (χ2n) is 6.84. The number of aliphatic hydroxyl groups is 2. The Balaban J connectivity index is 2.48. The first kappa shape index (κ1) is 23.1. The van der Waals surface area contributed by atoms with Crippen LogP contribution in [0.2, 0.25) is 0 Å². The molecule has 5 nitrogen and oxygen atoms in total. The summed E-state index contributed by atoms with van der Waals surface area (Å²) >= 11 is 0. The standard InChI is InChI=1S/C22H32O5/c1-2-3-8-11-17(23)14-15-19-18(20(24)16-21(19)25)12-9-6-4-5-7-10-13-22(26)27/h3,5-9,14-15,17-19,21,23,25H,2,4,10-13,16H2,1H3,(H,26,27)/b7-5-,8-3-,9-6-,15-14+/t17-,18-,19-,21-/m1/s1. The predicted octanol–water partition coefficient (Wildman–Crippen LogP) is 3.58. The van der Waals surface area contributed by atoms with E-state index < -0.39 is 18.2 Å². The third-order valence-electron chi connectivity index (χ3n) is 4.59. The molecular formula is C22H32O5. The van der Waals surface area contributed by atoms with E-state index in [1.807, 2.05) is 43.4 Å². The van der Waals surface area contributed by atoms with Gasteiger partial charge in [-0.1, -0.05) is 55.5 Å². The Labute approximate surface area is 161 Å². The number of aliphatic carboxylic acids is 1. The van der Waals surface area contributed by atoms with Crippen molar-refractivity contribution in [2.24, 2.45) is 11.8 Å². The monoisotopic (exact) mass is 376 g/mol. The Hall–Kier alpha value is -1.98. The van der Waals surface area contributed by atoms with Crippen LogP contribution < -0.4 is 0 Å². The Morgan fingerprint density at radius 2 is 1.93 bits per heavy atom. The molecule has 3 N–H and O–H groups in total. The van der Waals surface area contributed by atoms with Crippen molar-refractivity contribution in [1.29, 1.82) is 0 Å². The fraction of sp³-hybridized carbons (Fsp3) is 0.545. The van der Waals surface area contributed by atoms with Gasteiger partial charge in [0.2, 0.25) is 0 Å². The first-order valence-corrected chi connectivity index (χ1v) is 9.69. The molecule has 1 rings (SSSR count). The molecule has 1 aliphatic carbocycles. The van der Waals surface area contributed by atoms with E-state index in [1.165, 1.54) is 0 Å². The highest BCUT2D eigenvalue weighted by atomic mass is 16.4. The average Bonchev–Trinajstić information content (AvgIpc) is 2.88. The van der Waals surface area contributed by atoms with Crippen molar-refractivity contribution in [1.82, 2.24) is 0 Å². The number of carboxylic acid groups (broad SMARTS) is 1. The van der Waals surface area contributed by atoms with Gasteiger partial charge in [-0.15, -0.1) is 0 Å². The van der Waals surface area contributed by atoms with Crippen LogP contribution in [0.3, 0.4) is 0 Å². The van der Waals surface area contributed by atoms with Gasteiger partial charge in [-0.05, 0) is 32.1 Å². The van der Waals surface area contributed by atoms with Gasteiger partial charge in [-0.2, -0.15) is 0 Å². The Kier molecular flexibility index (Phi) is 11.3. The van der Waals surface area contributed by atoms with E-state index in [2.05, 4.69) is 0 Å². The lowest BCUT2D eigenvalue weighted by atomic mass is 9.90. The fourth-order valence-electron chi connectivity index (χ4n) is 3.10. The molecule has 0 aromatic rings. The molecule has 1 aliphatic rings. The van der Waals surface area contributed by atoms with Gasteiger partial charge in [0.05, 0.1) is 12.2 Å². The average molecular weight is 376 g/mol. The molecule has 0 aromatic heterocycles. The number of carbonyl (C=O) groups excluding carboxylic acids is 1. The van der Waals surface area contributed by atoms with Gasteiger partial charge in [0.25, 0.3) is 0 Å². The Morgan fingerprint density at radius 1 is 1.19 bits per heavy atom. The van der Waals surface area contributed by atoms with Crippen LogP contribution >= 0.6 is 0 Å². The second-order valence-corrected chi connectivity index (χ2v) is 6.84. The van der Waals surface area contributed by atoms with E-state index in [-0.39, 0.29) is 30.5 Å². The van der Waals surface area contributed by atoms with Crippen molar-refractivity contribution in [3.63, 3.8) is 0 Å². The minimum absolute atomic E-state index is 0.0548. The molecule has 0 unspecified atom stereocenters. The summed E-state index contributed by atoms with van der Waals surface area (Å²) in [6.45, 7) is 2.03. The molecule has 1 fully saturated rings. The number of ketones is 1. The Morgan fingerprint density at radius 3 is 2.63 bits per heavy atom. The molecule has 0 heterocycles. The summed E-state index contributed by atoms with van der Waals surface area (Å²) in [5.74, 6) is -1.28. The highest BCUT2D eigenvalue weighted by Crippen LogP contribution is 2.33. The summed E-state index contributed by atoms with van der Waals surface area (Å²) < 4.78 is 0. The van der Waals surface area contributed by atoms with Crippen LogP contribution in [0.15, 0.2) is 48.6 Å². The van der Waals surface area contributed by atoms with E-state index in [4.69, 9.17) is 5.11 Å². The number of carboxylic acids is 1. The predicted molar refractivity (Wildman–Crippen MR) is 106 cm³/mol. The van der Waals surface area contributed by atoms with E-state index in [1.54, 1.807) is 12.2 Å². The Bertz CT molecular complexity index is 573. The quantitative estimate of drug-likeness (QED) is 0.453. The van der Waals surface area contributed by atoms with Crippen molar-refractivity contribution >= 4 is 11.8 Å². The first-order chi connectivity index (χ1) is 13.0. The SMILES string of the molecule is CC/C=C\C[C@@H](O)/C=C/[C@H]1[C@H](O)CC(=O)[C@@H]1C/C=C\C/C=C\CCC(=O)O. The third kappa shape index (κ3) is 9.50. The van der Waals surface area contributed by atoms with E-state index >= 15 is 0 Å². The van der Waals surface area contributed by atoms with Crippen LogP contribution in [0.5, 0.6) is 0 Å². The summed E-state index contributed by atoms with van der Waals surface area (Å²) in [6.07, 6.45) is 17.2. The molecule has 0 aromatic carbocycles. The molecule has 150 valence electrons. The maximum Gasteiger partial charge on any atom is 0.303 e. The van der Waals surface area contributed by atoms with Gasteiger partial charge < -0.3 is 15.3 Å². The molecule has 0 spiro atoms. The lowest BCUT2D eigenvalue weighted by Gasteiger charge is -2.16. The molecule has 1 saturated carbocycles. The second kappa shape index (κ2) is 13.2. The van der Waals surface area contributed by atoms with Gasteiger partial charge >= 0.3 is 5.97 Å². The summed E-state index contributed by atoms with van der Waals surface area (Å²) in [7, 11) is 0. The number of Topliss-reactive ketones (excluding diaryl/α,β-unsaturated/α-hetero) is 1. The number of carbonyl (C=O) groups is 2. The summed E-state index contributed by atoms with van der Waals surface area (Å²) in [6, 6.07) is 0. The third-order valence-corrected chi connectivity index (χ3v) is 4.59. The molecule has 0 aliphatic heterocycles. The highest BCUT2D eigenvalue weighted by Gasteiger charge is 2.39. The summed E-state index contributed by atoms with van der Waals surface area (Å²) in [5, 5.41) is 28.7. The van der Waals surface area contributed by atoms with E-state index in [0.717, 1.165) is 6.42 Å². The van der Waals surface area contributed by atoms with Crippen molar-refractivity contribution in [3.8, 4) is 0 Å². The van der Waals surface area contributed by atoms with Gasteiger partial charge in [-0.3, -0.25) is 9.59 Å². The van der Waals surface area contributed by atoms with Crippen LogP contribution in [0, 0.1) is 11.8 Å². The largest absolute Gasteiger partial charge is 0.481 e. The number of rotatable bonds is 12. The van der Waals surface area contributed by atoms with Gasteiger partial charge in [0.1, 0.15) is 5.78 Å². The zero-order chi connectivity index (χ0) is 20.1. The maximum absolute atomic E-state index is 12.1.